The first-order chi connectivity index (χ1) is 31.3. The number of para-hydroxylation sites is 2. The summed E-state index contributed by atoms with van der Waals surface area (Å²) in [5.41, 5.74) is 17.5. The Bertz CT molecular complexity index is 3960. The number of nitrogens with zero attached hydrogens (tertiary/aromatic N) is 2. The van der Waals surface area contributed by atoms with Crippen molar-refractivity contribution in [3.05, 3.63) is 206 Å². The Hall–Kier alpha value is -7.72. The van der Waals surface area contributed by atoms with E-state index in [1.807, 2.05) is 25.2 Å². The minimum absolute atomic E-state index is 1.21. The number of benzene rings is 10. The van der Waals surface area contributed by atoms with Crippen LogP contribution in [0.2, 0.25) is 0 Å². The van der Waals surface area contributed by atoms with Gasteiger partial charge in [-0.3, -0.25) is 0 Å². The molecule has 14 rings (SSSR count). The van der Waals surface area contributed by atoms with E-state index in [0.717, 1.165) is 0 Å². The van der Waals surface area contributed by atoms with Gasteiger partial charge in [-0.1, -0.05) is 166 Å². The van der Waals surface area contributed by atoms with E-state index in [1.54, 1.807) is 0 Å². The van der Waals surface area contributed by atoms with Crippen molar-refractivity contribution in [2.45, 2.75) is 13.8 Å². The maximum absolute atomic E-state index is 2.47. The van der Waals surface area contributed by atoms with Crippen LogP contribution >= 0.6 is 11.3 Å². The van der Waals surface area contributed by atoms with E-state index in [2.05, 4.69) is 215 Å². The summed E-state index contributed by atoms with van der Waals surface area (Å²) in [7, 11) is 0. The molecule has 0 saturated carbocycles. The molecule has 0 aliphatic heterocycles. The fourth-order valence-corrected chi connectivity index (χ4v) is 11.8. The lowest BCUT2D eigenvalue weighted by atomic mass is 9.98. The van der Waals surface area contributed by atoms with Crippen molar-refractivity contribution in [3.8, 4) is 55.9 Å². The predicted molar refractivity (Wildman–Crippen MR) is 272 cm³/mol. The zero-order chi connectivity index (χ0) is 41.8. The first kappa shape index (κ1) is 36.0. The molecule has 0 unspecified atom stereocenters. The quantitative estimate of drug-likeness (QED) is 0.167. The van der Waals surface area contributed by atoms with E-state index in [4.69, 9.17) is 0 Å². The third kappa shape index (κ3) is 5.18. The van der Waals surface area contributed by atoms with Crippen molar-refractivity contribution in [3.63, 3.8) is 0 Å². The lowest BCUT2D eigenvalue weighted by Gasteiger charge is -2.13. The van der Waals surface area contributed by atoms with Crippen LogP contribution < -0.4 is 0 Å². The molecule has 3 heteroatoms. The maximum atomic E-state index is 2.47. The van der Waals surface area contributed by atoms with Crippen LogP contribution in [0.3, 0.4) is 0 Å². The normalized spacial score (nSPS) is 12.0. The molecule has 296 valence electrons. The van der Waals surface area contributed by atoms with E-state index >= 15 is 0 Å². The summed E-state index contributed by atoms with van der Waals surface area (Å²) < 4.78 is 7.58. The molecule has 0 amide bonds. The molecule has 0 spiro atoms. The number of aromatic nitrogens is 2. The number of rotatable bonds is 4. The monoisotopic (exact) mass is 820 g/mol. The Labute approximate surface area is 369 Å². The van der Waals surface area contributed by atoms with Gasteiger partial charge in [-0.05, 0) is 104 Å². The van der Waals surface area contributed by atoms with E-state index < -0.39 is 0 Å². The summed E-state index contributed by atoms with van der Waals surface area (Å²) in [5.74, 6) is 0. The second-order valence-corrected chi connectivity index (χ2v) is 17.5. The van der Waals surface area contributed by atoms with Gasteiger partial charge in [0, 0.05) is 42.4 Å². The SMILES string of the molecule is CC.c1ccc2c(c1)-c1cccc3c(-n4c5ccccc5c5cc(-c6ccc(-c7ccc8c(c7)c7ccccc7n8-c7cccc8c7sc7ccccc78)cc6)ccc54)ccc-2c13. The highest BCUT2D eigenvalue weighted by molar-refractivity contribution is 7.26. The Morgan fingerprint density at radius 1 is 0.302 bits per heavy atom. The van der Waals surface area contributed by atoms with E-state index in [0.29, 0.717) is 0 Å². The summed E-state index contributed by atoms with van der Waals surface area (Å²) in [5, 5.41) is 10.3. The van der Waals surface area contributed by atoms with Crippen molar-refractivity contribution < 1.29 is 0 Å². The fraction of sp³-hybridized carbons (Fsp3) is 0.0333. The van der Waals surface area contributed by atoms with Crippen LogP contribution in [0.15, 0.2) is 206 Å². The molecule has 10 aromatic carbocycles. The first-order valence-corrected chi connectivity index (χ1v) is 22.8. The zero-order valence-corrected chi connectivity index (χ0v) is 35.7. The summed E-state index contributed by atoms with van der Waals surface area (Å²) in [6.45, 7) is 4.00. The lowest BCUT2D eigenvalue weighted by Crippen LogP contribution is -1.95. The Kier molecular flexibility index (Phi) is 7.94. The van der Waals surface area contributed by atoms with Crippen LogP contribution in [0.1, 0.15) is 13.8 Å². The lowest BCUT2D eigenvalue weighted by molar-refractivity contribution is 1.20. The number of fused-ring (bicyclic) bond motifs is 12. The zero-order valence-electron chi connectivity index (χ0n) is 34.9. The Morgan fingerprint density at radius 2 is 0.762 bits per heavy atom. The smallest absolute Gasteiger partial charge is 0.0640 e. The molecule has 0 fully saturated rings. The van der Waals surface area contributed by atoms with E-state index in [-0.39, 0.29) is 0 Å². The van der Waals surface area contributed by atoms with Crippen LogP contribution in [0, 0.1) is 0 Å². The van der Waals surface area contributed by atoms with Crippen LogP contribution in [-0.4, -0.2) is 9.13 Å². The fourth-order valence-electron chi connectivity index (χ4n) is 10.6. The van der Waals surface area contributed by atoms with Gasteiger partial charge in [-0.15, -0.1) is 11.3 Å². The molecular formula is C60H40N2S. The van der Waals surface area contributed by atoms with E-state index in [9.17, 15) is 0 Å². The second kappa shape index (κ2) is 13.9. The highest BCUT2D eigenvalue weighted by Gasteiger charge is 2.24. The summed E-state index contributed by atoms with van der Waals surface area (Å²) >= 11 is 1.88. The van der Waals surface area contributed by atoms with Gasteiger partial charge in [-0.2, -0.15) is 0 Å². The van der Waals surface area contributed by atoms with Crippen LogP contribution in [0.5, 0.6) is 0 Å². The van der Waals surface area contributed by atoms with E-state index in [1.165, 1.54) is 130 Å². The summed E-state index contributed by atoms with van der Waals surface area (Å²) in [4.78, 5) is 0. The van der Waals surface area contributed by atoms with Gasteiger partial charge in [0.15, 0.2) is 0 Å². The molecule has 0 radical (unpaired) electrons. The molecule has 63 heavy (non-hydrogen) atoms. The Morgan fingerprint density at radius 3 is 1.41 bits per heavy atom. The van der Waals surface area contributed by atoms with Crippen molar-refractivity contribution >= 4 is 85.9 Å². The van der Waals surface area contributed by atoms with Gasteiger partial charge in [0.05, 0.1) is 38.1 Å². The highest BCUT2D eigenvalue weighted by atomic mass is 32.1. The standard InChI is InChI=1S/C58H34N2S.C2H6/c1-2-12-40-39(11-1)44-16-9-18-47-52(32-29-45(40)57(44)47)59-50-19-6-3-13-41(50)48-33-37(27-30-53(48)59)35-23-25-36(26-24-35)38-28-31-54-49(34-38)42-14-4-7-20-51(42)60(54)55-21-10-17-46-43-15-5-8-22-56(43)61-58(46)55;1-2/h1-34H;1-2H3. The molecule has 0 bridgehead atoms. The largest absolute Gasteiger partial charge is 0.309 e. The van der Waals surface area contributed by atoms with Gasteiger partial charge in [-0.25, -0.2) is 0 Å². The predicted octanol–water partition coefficient (Wildman–Crippen LogP) is 17.4. The van der Waals surface area contributed by atoms with Crippen LogP contribution in [-0.2, 0) is 0 Å². The average molecular weight is 821 g/mol. The van der Waals surface area contributed by atoms with Crippen LogP contribution in [0.4, 0.5) is 0 Å². The summed E-state index contributed by atoms with van der Waals surface area (Å²) in [6, 6.07) is 76.6. The van der Waals surface area contributed by atoms with Crippen molar-refractivity contribution in [1.29, 1.82) is 0 Å². The number of hydrogen-bond acceptors (Lipinski definition) is 1. The molecule has 13 aromatic rings. The van der Waals surface area contributed by atoms with Gasteiger partial charge in [0.25, 0.3) is 0 Å². The molecule has 3 aromatic heterocycles. The second-order valence-electron chi connectivity index (χ2n) is 16.4. The van der Waals surface area contributed by atoms with Crippen molar-refractivity contribution in [2.24, 2.45) is 0 Å². The van der Waals surface area contributed by atoms with Gasteiger partial charge in [0.2, 0.25) is 0 Å². The van der Waals surface area contributed by atoms with Gasteiger partial charge < -0.3 is 9.13 Å². The molecule has 0 atom stereocenters. The topological polar surface area (TPSA) is 9.86 Å². The van der Waals surface area contributed by atoms with Gasteiger partial charge >= 0.3 is 0 Å². The molecular weight excluding hydrogens is 781 g/mol. The third-order valence-electron chi connectivity index (χ3n) is 13.3. The maximum Gasteiger partial charge on any atom is 0.0640 e. The first-order valence-electron chi connectivity index (χ1n) is 22.0. The molecule has 2 nitrogen and oxygen atoms in total. The van der Waals surface area contributed by atoms with Crippen LogP contribution in [0.25, 0.3) is 130 Å². The molecule has 0 N–H and O–H groups in total. The minimum Gasteiger partial charge on any atom is -0.309 e. The molecule has 3 heterocycles. The summed E-state index contributed by atoms with van der Waals surface area (Å²) in [6.07, 6.45) is 0. The third-order valence-corrected chi connectivity index (χ3v) is 14.5. The molecule has 1 aliphatic rings. The minimum atomic E-state index is 1.21. The highest BCUT2D eigenvalue weighted by Crippen LogP contribution is 2.49. The molecule has 0 saturated heterocycles. The number of hydrogen-bond donors (Lipinski definition) is 0. The average Bonchev–Trinajstić information content (AvgIpc) is 4.10. The molecule has 1 aliphatic carbocycles. The number of thiophene rings is 1. The van der Waals surface area contributed by atoms with Crippen molar-refractivity contribution in [1.82, 2.24) is 9.13 Å². The van der Waals surface area contributed by atoms with Gasteiger partial charge in [0.1, 0.15) is 0 Å². The van der Waals surface area contributed by atoms with Crippen molar-refractivity contribution in [2.75, 3.05) is 0 Å². The Balaban J connectivity index is 0.00000198.